The first-order valence-corrected chi connectivity index (χ1v) is 9.54. The summed E-state index contributed by atoms with van der Waals surface area (Å²) in [6.07, 6.45) is 5.86. The van der Waals surface area contributed by atoms with Crippen LogP contribution in [0.5, 0.6) is 0 Å². The van der Waals surface area contributed by atoms with Crippen LogP contribution in [0.25, 0.3) is 0 Å². The molecule has 0 bridgehead atoms. The quantitative estimate of drug-likeness (QED) is 0.309. The highest BCUT2D eigenvalue weighted by Crippen LogP contribution is 2.40. The van der Waals surface area contributed by atoms with Gasteiger partial charge in [0, 0.05) is 25.0 Å². The lowest BCUT2D eigenvalue weighted by molar-refractivity contribution is -0.119. The molecule has 1 aliphatic rings. The molecule has 3 N–H and O–H groups in total. The lowest BCUT2D eigenvalue weighted by Crippen LogP contribution is -2.45. The Balaban J connectivity index is 0.00000338. The van der Waals surface area contributed by atoms with Crippen molar-refractivity contribution in [3.63, 3.8) is 0 Å². The van der Waals surface area contributed by atoms with Crippen molar-refractivity contribution in [2.75, 3.05) is 26.2 Å². The Kier molecular flexibility index (Phi) is 10.6. The summed E-state index contributed by atoms with van der Waals surface area (Å²) in [6.45, 7) is 6.57. The first-order valence-electron chi connectivity index (χ1n) is 9.54. The molecule has 5 nitrogen and oxygen atoms in total. The van der Waals surface area contributed by atoms with E-state index in [-0.39, 0.29) is 41.8 Å². The van der Waals surface area contributed by atoms with Crippen LogP contribution in [-0.4, -0.2) is 38.0 Å². The van der Waals surface area contributed by atoms with Crippen LogP contribution in [0.4, 0.5) is 0 Å². The summed E-state index contributed by atoms with van der Waals surface area (Å²) in [4.78, 5) is 16.2. The summed E-state index contributed by atoms with van der Waals surface area (Å²) < 4.78 is 0. The van der Waals surface area contributed by atoms with Gasteiger partial charge in [-0.3, -0.25) is 4.79 Å². The number of rotatable bonds is 8. The predicted molar refractivity (Wildman–Crippen MR) is 119 cm³/mol. The van der Waals surface area contributed by atoms with Crippen molar-refractivity contribution in [2.45, 2.75) is 51.4 Å². The number of nitrogens with zero attached hydrogens (tertiary/aromatic N) is 1. The van der Waals surface area contributed by atoms with Crippen molar-refractivity contribution >= 4 is 35.8 Å². The third-order valence-electron chi connectivity index (χ3n) is 4.84. The standard InChI is InChI=1S/C20H32N4O.HI/c1-3-14-22-18(25)15-23-19(21-4-2)24-16-20(12-8-9-13-20)17-10-6-5-7-11-17;/h5-7,10-11H,3-4,8-9,12-16H2,1-2H3,(H,22,25)(H2,21,23,24);1H. The van der Waals surface area contributed by atoms with Crippen molar-refractivity contribution in [1.82, 2.24) is 16.0 Å². The number of guanidine groups is 1. The van der Waals surface area contributed by atoms with E-state index in [2.05, 4.69) is 51.3 Å². The maximum atomic E-state index is 11.8. The van der Waals surface area contributed by atoms with Gasteiger partial charge in [-0.2, -0.15) is 0 Å². The number of carbonyl (C=O) groups excluding carboxylic acids is 1. The minimum atomic E-state index is -0.0299. The van der Waals surface area contributed by atoms with Crippen LogP contribution in [0.2, 0.25) is 0 Å². The minimum Gasteiger partial charge on any atom is -0.357 e. The fraction of sp³-hybridized carbons (Fsp3) is 0.600. The molecule has 1 amide bonds. The molecule has 1 fully saturated rings. The molecule has 26 heavy (non-hydrogen) atoms. The van der Waals surface area contributed by atoms with Crippen molar-refractivity contribution in [1.29, 1.82) is 0 Å². The molecule has 6 heteroatoms. The third-order valence-corrected chi connectivity index (χ3v) is 4.84. The Morgan fingerprint density at radius 3 is 2.38 bits per heavy atom. The number of nitrogens with one attached hydrogen (secondary N) is 3. The van der Waals surface area contributed by atoms with Crippen molar-refractivity contribution in [3.8, 4) is 0 Å². The first-order chi connectivity index (χ1) is 12.2. The van der Waals surface area contributed by atoms with Crippen LogP contribution in [0, 0.1) is 0 Å². The number of carbonyl (C=O) groups is 1. The molecule has 0 aliphatic heterocycles. The Bertz CT molecular complexity index is 556. The molecular weight excluding hydrogens is 439 g/mol. The number of amides is 1. The number of hydrogen-bond donors (Lipinski definition) is 3. The third kappa shape index (κ3) is 6.78. The lowest BCUT2D eigenvalue weighted by atomic mass is 9.79. The summed E-state index contributed by atoms with van der Waals surface area (Å²) in [5.74, 6) is 0.689. The van der Waals surface area contributed by atoms with Crippen LogP contribution < -0.4 is 16.0 Å². The lowest BCUT2D eigenvalue weighted by Gasteiger charge is -2.30. The highest BCUT2D eigenvalue weighted by Gasteiger charge is 2.35. The number of halogens is 1. The topological polar surface area (TPSA) is 65.5 Å². The molecule has 0 saturated heterocycles. The van der Waals surface area contributed by atoms with Crippen molar-refractivity contribution < 1.29 is 4.79 Å². The van der Waals surface area contributed by atoms with Gasteiger partial charge < -0.3 is 16.0 Å². The molecule has 1 aromatic rings. The van der Waals surface area contributed by atoms with Crippen molar-refractivity contribution in [3.05, 3.63) is 35.9 Å². The molecule has 1 aliphatic carbocycles. The Morgan fingerprint density at radius 1 is 1.08 bits per heavy atom. The van der Waals surface area contributed by atoms with E-state index in [1.165, 1.54) is 31.2 Å². The zero-order chi connectivity index (χ0) is 18.0. The van der Waals surface area contributed by atoms with Gasteiger partial charge >= 0.3 is 0 Å². The van der Waals surface area contributed by atoms with Crippen LogP contribution >= 0.6 is 24.0 Å². The van der Waals surface area contributed by atoms with Crippen LogP contribution in [0.15, 0.2) is 35.3 Å². The van der Waals surface area contributed by atoms with Gasteiger partial charge in [0.25, 0.3) is 0 Å². The van der Waals surface area contributed by atoms with E-state index in [0.29, 0.717) is 6.54 Å². The SMILES string of the molecule is CCCNC(=O)CN=C(NCC)NCC1(c2ccccc2)CCCC1.I. The zero-order valence-electron chi connectivity index (χ0n) is 16.0. The normalized spacial score (nSPS) is 15.8. The van der Waals surface area contributed by atoms with Gasteiger partial charge in [-0.05, 0) is 31.7 Å². The average Bonchev–Trinajstić information content (AvgIpc) is 3.13. The number of aliphatic imine (C=N–C) groups is 1. The minimum absolute atomic E-state index is 0. The highest BCUT2D eigenvalue weighted by molar-refractivity contribution is 14.0. The Hall–Kier alpha value is -1.31. The molecule has 0 unspecified atom stereocenters. The summed E-state index contributed by atoms with van der Waals surface area (Å²) in [6, 6.07) is 10.8. The Morgan fingerprint density at radius 2 is 1.77 bits per heavy atom. The van der Waals surface area contributed by atoms with Gasteiger partial charge in [0.05, 0.1) is 0 Å². The molecule has 0 radical (unpaired) electrons. The van der Waals surface area contributed by atoms with E-state index in [9.17, 15) is 4.79 Å². The molecule has 0 atom stereocenters. The average molecular weight is 472 g/mol. The maximum absolute atomic E-state index is 11.8. The largest absolute Gasteiger partial charge is 0.357 e. The van der Waals surface area contributed by atoms with E-state index < -0.39 is 0 Å². The molecule has 0 spiro atoms. The van der Waals surface area contributed by atoms with Crippen LogP contribution in [0.1, 0.15) is 51.5 Å². The molecular formula is C20H33IN4O. The van der Waals surface area contributed by atoms with Gasteiger partial charge in [-0.1, -0.05) is 50.1 Å². The van der Waals surface area contributed by atoms with E-state index in [0.717, 1.165) is 25.5 Å². The molecule has 0 aromatic heterocycles. The fourth-order valence-corrected chi connectivity index (χ4v) is 3.48. The number of hydrogen-bond acceptors (Lipinski definition) is 2. The van der Waals surface area contributed by atoms with E-state index in [4.69, 9.17) is 0 Å². The summed E-state index contributed by atoms with van der Waals surface area (Å²) in [5.41, 5.74) is 1.57. The monoisotopic (exact) mass is 472 g/mol. The van der Waals surface area contributed by atoms with Gasteiger partial charge in [0.1, 0.15) is 6.54 Å². The van der Waals surface area contributed by atoms with Gasteiger partial charge in [-0.15, -0.1) is 24.0 Å². The van der Waals surface area contributed by atoms with Crippen LogP contribution in [-0.2, 0) is 10.2 Å². The second-order valence-electron chi connectivity index (χ2n) is 6.75. The maximum Gasteiger partial charge on any atom is 0.241 e. The van der Waals surface area contributed by atoms with Crippen LogP contribution in [0.3, 0.4) is 0 Å². The molecule has 2 rings (SSSR count). The zero-order valence-corrected chi connectivity index (χ0v) is 18.3. The van der Waals surface area contributed by atoms with Crippen molar-refractivity contribution in [2.24, 2.45) is 4.99 Å². The number of benzene rings is 1. The molecule has 0 heterocycles. The fourth-order valence-electron chi connectivity index (χ4n) is 3.48. The second-order valence-corrected chi connectivity index (χ2v) is 6.75. The summed E-state index contributed by atoms with van der Waals surface area (Å²) in [5, 5.41) is 9.58. The molecule has 146 valence electrons. The second kappa shape index (κ2) is 12.1. The van der Waals surface area contributed by atoms with Gasteiger partial charge in [-0.25, -0.2) is 4.99 Å². The smallest absolute Gasteiger partial charge is 0.241 e. The first kappa shape index (κ1) is 22.7. The molecule has 1 aromatic carbocycles. The van der Waals surface area contributed by atoms with Gasteiger partial charge in [0.2, 0.25) is 5.91 Å². The van der Waals surface area contributed by atoms with E-state index >= 15 is 0 Å². The predicted octanol–water partition coefficient (Wildman–Crippen LogP) is 3.20. The van der Waals surface area contributed by atoms with Gasteiger partial charge in [0.15, 0.2) is 5.96 Å². The summed E-state index contributed by atoms with van der Waals surface area (Å²) in [7, 11) is 0. The van der Waals surface area contributed by atoms with E-state index in [1.807, 2.05) is 13.8 Å². The molecule has 1 saturated carbocycles. The Labute approximate surface area is 174 Å². The highest BCUT2D eigenvalue weighted by atomic mass is 127. The summed E-state index contributed by atoms with van der Waals surface area (Å²) >= 11 is 0. The van der Waals surface area contributed by atoms with E-state index in [1.54, 1.807) is 0 Å².